The molecule has 162 valence electrons. The molecule has 0 saturated carbocycles. The second-order valence-corrected chi connectivity index (χ2v) is 7.97. The van der Waals surface area contributed by atoms with E-state index in [4.69, 9.17) is 16.6 Å². The van der Waals surface area contributed by atoms with Gasteiger partial charge in [-0.25, -0.2) is 4.98 Å². The number of carbonyl (C=O) groups excluding carboxylic acids is 2. The van der Waals surface area contributed by atoms with Crippen molar-refractivity contribution in [3.05, 3.63) is 95.3 Å². The lowest BCUT2D eigenvalue weighted by Crippen LogP contribution is -2.33. The van der Waals surface area contributed by atoms with Crippen LogP contribution in [-0.2, 0) is 11.3 Å². The highest BCUT2D eigenvalue weighted by atomic mass is 35.5. The molecule has 4 rings (SSSR count). The zero-order chi connectivity index (χ0) is 22.7. The number of amides is 2. The van der Waals surface area contributed by atoms with Crippen molar-refractivity contribution < 1.29 is 9.59 Å². The number of fused-ring (bicyclic) bond motifs is 1. The molecule has 1 N–H and O–H groups in total. The number of benzene rings is 3. The number of nitrogens with one attached hydrogen (secondary N) is 1. The molecule has 3 aromatic carbocycles. The molecular formula is C25H23ClN4O2. The smallest absolute Gasteiger partial charge is 0.251 e. The highest BCUT2D eigenvalue weighted by Gasteiger charge is 2.22. The Morgan fingerprint density at radius 2 is 1.66 bits per heavy atom. The first kappa shape index (κ1) is 21.6. The molecule has 0 radical (unpaired) electrons. The molecule has 7 heteroatoms. The fraction of sp³-hybridized carbons (Fsp3) is 0.160. The number of rotatable bonds is 6. The molecule has 6 nitrogen and oxygen atoms in total. The van der Waals surface area contributed by atoms with Crippen LogP contribution in [0.5, 0.6) is 0 Å². The molecule has 0 aliphatic carbocycles. The largest absolute Gasteiger partial charge is 0.342 e. The summed E-state index contributed by atoms with van der Waals surface area (Å²) in [6, 6.07) is 23.4. The van der Waals surface area contributed by atoms with Gasteiger partial charge in [-0.2, -0.15) is 0 Å². The van der Waals surface area contributed by atoms with Gasteiger partial charge in [-0.15, -0.1) is 0 Å². The zero-order valence-electron chi connectivity index (χ0n) is 17.8. The minimum absolute atomic E-state index is 0.0863. The molecule has 0 aliphatic heterocycles. The monoisotopic (exact) mass is 446 g/mol. The van der Waals surface area contributed by atoms with E-state index in [0.717, 1.165) is 16.7 Å². The van der Waals surface area contributed by atoms with E-state index in [1.54, 1.807) is 36.2 Å². The molecule has 0 spiro atoms. The third-order valence-corrected chi connectivity index (χ3v) is 5.59. The Balaban J connectivity index is 1.61. The van der Waals surface area contributed by atoms with Crippen LogP contribution in [0.4, 0.5) is 5.69 Å². The van der Waals surface area contributed by atoms with Crippen LogP contribution in [-0.4, -0.2) is 28.4 Å². The van der Waals surface area contributed by atoms with Crippen LogP contribution < -0.4 is 10.2 Å². The van der Waals surface area contributed by atoms with E-state index in [-0.39, 0.29) is 18.4 Å². The SMILES string of the molecule is CC(NC(=O)c1ccc(Cl)cc1)c1nc2ccccc2n1CC(=O)N(C)c1ccccc1. The molecule has 4 aromatic rings. The average molecular weight is 447 g/mol. The number of hydrogen-bond acceptors (Lipinski definition) is 3. The highest BCUT2D eigenvalue weighted by Crippen LogP contribution is 2.22. The van der Waals surface area contributed by atoms with Crippen molar-refractivity contribution >= 4 is 40.1 Å². The minimum Gasteiger partial charge on any atom is -0.342 e. The van der Waals surface area contributed by atoms with Gasteiger partial charge in [-0.1, -0.05) is 41.9 Å². The van der Waals surface area contributed by atoms with Crippen molar-refractivity contribution in [2.24, 2.45) is 0 Å². The fourth-order valence-electron chi connectivity index (χ4n) is 3.57. The molecule has 0 saturated heterocycles. The zero-order valence-corrected chi connectivity index (χ0v) is 18.6. The number of imidazole rings is 1. The number of nitrogens with zero attached hydrogens (tertiary/aromatic N) is 3. The molecule has 0 fully saturated rings. The van der Waals surface area contributed by atoms with Crippen molar-refractivity contribution in [2.75, 3.05) is 11.9 Å². The van der Waals surface area contributed by atoms with Crippen molar-refractivity contribution in [1.29, 1.82) is 0 Å². The van der Waals surface area contributed by atoms with Crippen molar-refractivity contribution in [3.8, 4) is 0 Å². The summed E-state index contributed by atoms with van der Waals surface area (Å²) < 4.78 is 1.86. The lowest BCUT2D eigenvalue weighted by molar-refractivity contribution is -0.118. The first-order chi connectivity index (χ1) is 15.4. The molecule has 1 aromatic heterocycles. The van der Waals surface area contributed by atoms with E-state index >= 15 is 0 Å². The summed E-state index contributed by atoms with van der Waals surface area (Å²) in [7, 11) is 1.75. The summed E-state index contributed by atoms with van der Waals surface area (Å²) in [5.41, 5.74) is 2.92. The Kier molecular flexibility index (Phi) is 6.23. The normalized spacial score (nSPS) is 11.8. The van der Waals surface area contributed by atoms with Gasteiger partial charge in [-0.3, -0.25) is 9.59 Å². The van der Waals surface area contributed by atoms with Gasteiger partial charge in [0.1, 0.15) is 12.4 Å². The third kappa shape index (κ3) is 4.50. The Hall–Kier alpha value is -3.64. The van der Waals surface area contributed by atoms with E-state index in [0.29, 0.717) is 16.4 Å². The standard InChI is InChI=1S/C25H23ClN4O2/c1-17(27-25(32)18-12-14-19(26)15-13-18)24-28-21-10-6-7-11-22(21)30(24)16-23(31)29(2)20-8-4-3-5-9-20/h3-15,17H,16H2,1-2H3,(H,27,32). The topological polar surface area (TPSA) is 67.2 Å². The van der Waals surface area contributed by atoms with E-state index in [2.05, 4.69) is 5.32 Å². The molecule has 1 heterocycles. The van der Waals surface area contributed by atoms with Crippen molar-refractivity contribution in [3.63, 3.8) is 0 Å². The number of halogens is 1. The molecule has 32 heavy (non-hydrogen) atoms. The summed E-state index contributed by atoms with van der Waals surface area (Å²) in [6.45, 7) is 1.96. The Morgan fingerprint density at radius 3 is 2.38 bits per heavy atom. The fourth-order valence-corrected chi connectivity index (χ4v) is 3.70. The summed E-state index contributed by atoms with van der Waals surface area (Å²) in [5.74, 6) is 0.292. The van der Waals surface area contributed by atoms with E-state index in [1.165, 1.54) is 0 Å². The van der Waals surface area contributed by atoms with Crippen LogP contribution in [0.1, 0.15) is 29.1 Å². The average Bonchev–Trinajstić information content (AvgIpc) is 3.18. The maximum absolute atomic E-state index is 13.1. The minimum atomic E-state index is -0.416. The van der Waals surface area contributed by atoms with E-state index < -0.39 is 6.04 Å². The summed E-state index contributed by atoms with van der Waals surface area (Å²) in [4.78, 5) is 32.1. The van der Waals surface area contributed by atoms with Gasteiger partial charge in [0.2, 0.25) is 5.91 Å². The molecular weight excluding hydrogens is 424 g/mol. The van der Waals surface area contributed by atoms with Crippen LogP contribution >= 0.6 is 11.6 Å². The maximum atomic E-state index is 13.1. The van der Waals surface area contributed by atoms with Gasteiger partial charge in [-0.05, 0) is 55.5 Å². The summed E-state index contributed by atoms with van der Waals surface area (Å²) in [5, 5.41) is 3.54. The highest BCUT2D eigenvalue weighted by molar-refractivity contribution is 6.30. The Morgan fingerprint density at radius 1 is 1.00 bits per heavy atom. The number of aromatic nitrogens is 2. The van der Waals surface area contributed by atoms with Crippen LogP contribution in [0.15, 0.2) is 78.9 Å². The first-order valence-corrected chi connectivity index (χ1v) is 10.6. The second-order valence-electron chi connectivity index (χ2n) is 7.54. The Bertz CT molecular complexity index is 1250. The van der Waals surface area contributed by atoms with Crippen molar-refractivity contribution in [2.45, 2.75) is 19.5 Å². The lowest BCUT2D eigenvalue weighted by atomic mass is 10.2. The van der Waals surface area contributed by atoms with Crippen LogP contribution in [0, 0.1) is 0 Å². The van der Waals surface area contributed by atoms with E-state index in [9.17, 15) is 9.59 Å². The quantitative estimate of drug-likeness (QED) is 0.460. The van der Waals surface area contributed by atoms with Crippen LogP contribution in [0.25, 0.3) is 11.0 Å². The van der Waals surface area contributed by atoms with Gasteiger partial charge in [0.25, 0.3) is 5.91 Å². The summed E-state index contributed by atoms with van der Waals surface area (Å²) in [6.07, 6.45) is 0. The van der Waals surface area contributed by atoms with Crippen molar-refractivity contribution in [1.82, 2.24) is 14.9 Å². The van der Waals surface area contributed by atoms with Gasteiger partial charge < -0.3 is 14.8 Å². The predicted octanol–water partition coefficient (Wildman–Crippen LogP) is 4.84. The number of likely N-dealkylation sites (N-methyl/N-ethyl adjacent to an activating group) is 1. The Labute approximate surface area is 191 Å². The van der Waals surface area contributed by atoms with Gasteiger partial charge in [0, 0.05) is 23.3 Å². The van der Waals surface area contributed by atoms with Gasteiger partial charge in [0.05, 0.1) is 17.1 Å². The molecule has 0 aliphatic rings. The predicted molar refractivity (Wildman–Crippen MR) is 127 cm³/mol. The lowest BCUT2D eigenvalue weighted by Gasteiger charge is -2.20. The first-order valence-electron chi connectivity index (χ1n) is 10.3. The number of para-hydroxylation sites is 3. The molecule has 2 amide bonds. The molecule has 1 unspecified atom stereocenters. The van der Waals surface area contributed by atoms with Crippen LogP contribution in [0.2, 0.25) is 5.02 Å². The van der Waals surface area contributed by atoms with E-state index in [1.807, 2.05) is 66.1 Å². The number of hydrogen-bond donors (Lipinski definition) is 1. The van der Waals surface area contributed by atoms with Crippen LogP contribution in [0.3, 0.4) is 0 Å². The number of anilines is 1. The van der Waals surface area contributed by atoms with Gasteiger partial charge in [0.15, 0.2) is 0 Å². The molecule has 0 bridgehead atoms. The third-order valence-electron chi connectivity index (χ3n) is 5.34. The summed E-state index contributed by atoms with van der Waals surface area (Å²) >= 11 is 5.92. The second kappa shape index (κ2) is 9.24. The number of carbonyl (C=O) groups is 2. The molecule has 1 atom stereocenters. The van der Waals surface area contributed by atoms with Gasteiger partial charge >= 0.3 is 0 Å². The maximum Gasteiger partial charge on any atom is 0.251 e.